The zero-order chi connectivity index (χ0) is 21.5. The number of fused-ring (bicyclic) bond motifs is 1. The van der Waals surface area contributed by atoms with Crippen molar-refractivity contribution in [2.24, 2.45) is 16.6 Å². The topological polar surface area (TPSA) is 102 Å². The van der Waals surface area contributed by atoms with Crippen LogP contribution in [0.1, 0.15) is 11.3 Å². The van der Waals surface area contributed by atoms with E-state index >= 15 is 4.39 Å². The van der Waals surface area contributed by atoms with Crippen LogP contribution in [0.4, 0.5) is 20.4 Å². The molecule has 0 aliphatic carbocycles. The monoisotopic (exact) mass is 437 g/mol. The van der Waals surface area contributed by atoms with Gasteiger partial charge in [0, 0.05) is 35.9 Å². The van der Waals surface area contributed by atoms with Crippen LogP contribution in [0.5, 0.6) is 5.88 Å². The smallest absolute Gasteiger partial charge is 0.255 e. The Morgan fingerprint density at radius 2 is 2.10 bits per heavy atom. The van der Waals surface area contributed by atoms with Gasteiger partial charge in [-0.15, -0.1) is 0 Å². The summed E-state index contributed by atoms with van der Waals surface area (Å²) in [6.07, 6.45) is 0. The zero-order valence-corrected chi connectivity index (χ0v) is 17.7. The maximum Gasteiger partial charge on any atom is 0.255 e. The Bertz CT molecular complexity index is 1010. The molecule has 1 aromatic carbocycles. The van der Waals surface area contributed by atoms with Gasteiger partial charge in [0.05, 0.1) is 26.5 Å². The molecule has 1 aromatic heterocycles. The van der Waals surface area contributed by atoms with Crippen molar-refractivity contribution in [3.05, 3.63) is 41.1 Å². The molecule has 0 spiro atoms. The molecule has 1 fully saturated rings. The Labute approximate surface area is 176 Å². The number of aryl methyl sites for hydroxylation is 1. The van der Waals surface area contributed by atoms with Gasteiger partial charge >= 0.3 is 0 Å². The van der Waals surface area contributed by atoms with Crippen LogP contribution in [0.2, 0.25) is 0 Å². The van der Waals surface area contributed by atoms with Crippen LogP contribution in [0.3, 0.4) is 0 Å². The minimum Gasteiger partial charge on any atom is -0.479 e. The molecule has 1 saturated heterocycles. The first-order valence-corrected chi connectivity index (χ1v) is 10.3. The summed E-state index contributed by atoms with van der Waals surface area (Å²) in [5.74, 6) is -0.144. The van der Waals surface area contributed by atoms with Crippen molar-refractivity contribution in [1.29, 1.82) is 0 Å². The summed E-state index contributed by atoms with van der Waals surface area (Å²) in [5.41, 5.74) is 8.06. The average Bonchev–Trinajstić information content (AvgIpc) is 3.11. The Morgan fingerprint density at radius 1 is 1.30 bits per heavy atom. The lowest BCUT2D eigenvalue weighted by atomic mass is 9.81. The highest BCUT2D eigenvalue weighted by Crippen LogP contribution is 2.47. The molecule has 30 heavy (non-hydrogen) atoms. The molecule has 0 radical (unpaired) electrons. The normalized spacial score (nSPS) is 23.3. The largest absolute Gasteiger partial charge is 0.479 e. The molecule has 4 rings (SSSR count). The van der Waals surface area contributed by atoms with E-state index in [1.54, 1.807) is 24.5 Å². The first kappa shape index (κ1) is 20.8. The molecule has 0 bridgehead atoms. The van der Waals surface area contributed by atoms with Crippen molar-refractivity contribution in [2.75, 3.05) is 38.0 Å². The van der Waals surface area contributed by atoms with Crippen molar-refractivity contribution >= 4 is 28.6 Å². The second-order valence-corrected chi connectivity index (χ2v) is 8.33. The van der Waals surface area contributed by atoms with E-state index in [4.69, 9.17) is 20.3 Å². The van der Waals surface area contributed by atoms with Gasteiger partial charge in [0.1, 0.15) is 11.4 Å². The van der Waals surface area contributed by atoms with Gasteiger partial charge < -0.3 is 15.4 Å². The van der Waals surface area contributed by atoms with Gasteiger partial charge in [-0.3, -0.25) is 0 Å². The summed E-state index contributed by atoms with van der Waals surface area (Å²) in [4.78, 5) is 20.2. The molecule has 0 saturated carbocycles. The van der Waals surface area contributed by atoms with Gasteiger partial charge in [0.15, 0.2) is 10.9 Å². The van der Waals surface area contributed by atoms with Crippen molar-refractivity contribution < 1.29 is 23.8 Å². The molecule has 2 aliphatic rings. The first-order valence-electron chi connectivity index (χ1n) is 9.35. The first-order chi connectivity index (χ1) is 14.4. The van der Waals surface area contributed by atoms with E-state index in [0.717, 1.165) is 5.69 Å². The van der Waals surface area contributed by atoms with Gasteiger partial charge in [-0.1, -0.05) is 11.8 Å². The fourth-order valence-corrected chi connectivity index (χ4v) is 5.01. The van der Waals surface area contributed by atoms with Crippen molar-refractivity contribution in [3.63, 3.8) is 0 Å². The van der Waals surface area contributed by atoms with Crippen LogP contribution in [0.15, 0.2) is 23.2 Å². The number of nitrogens with two attached hydrogens (primary N) is 2. The summed E-state index contributed by atoms with van der Waals surface area (Å²) in [5, 5.41) is 0.405. The van der Waals surface area contributed by atoms with Gasteiger partial charge in [-0.05, 0) is 13.0 Å². The number of amidine groups is 1. The van der Waals surface area contributed by atoms with Crippen molar-refractivity contribution in [3.8, 4) is 5.88 Å². The van der Waals surface area contributed by atoms with E-state index in [1.807, 2.05) is 4.90 Å². The van der Waals surface area contributed by atoms with Gasteiger partial charge in [-0.25, -0.2) is 19.2 Å². The zero-order valence-electron chi connectivity index (χ0n) is 16.9. The van der Waals surface area contributed by atoms with Gasteiger partial charge in [-0.2, -0.15) is 14.9 Å². The Balaban J connectivity index is 1.80. The fraction of sp³-hybridized carbons (Fsp3) is 0.421. The number of aliphatic imine (C=N–C) groups is 1. The van der Waals surface area contributed by atoms with Crippen molar-refractivity contribution in [2.45, 2.75) is 12.5 Å². The summed E-state index contributed by atoms with van der Waals surface area (Å²) in [6, 6.07) is 4.78. The second kappa shape index (κ2) is 7.97. The number of hydrogen-bond acceptors (Lipinski definition) is 8. The molecule has 3 heterocycles. The van der Waals surface area contributed by atoms with E-state index in [-0.39, 0.29) is 23.3 Å². The minimum absolute atomic E-state index is 0.0398. The number of benzene rings is 1. The van der Waals surface area contributed by atoms with E-state index in [9.17, 15) is 4.39 Å². The van der Waals surface area contributed by atoms with E-state index < -0.39 is 11.4 Å². The number of aromatic nitrogens is 2. The molecule has 2 aromatic rings. The molecule has 1 unspecified atom stereocenters. The van der Waals surface area contributed by atoms with E-state index in [0.29, 0.717) is 35.5 Å². The van der Waals surface area contributed by atoms with Crippen LogP contribution in [0.25, 0.3) is 0 Å². The lowest BCUT2D eigenvalue weighted by molar-refractivity contribution is -0.830. The molecular formula is C19H23F2N6O2S+. The highest BCUT2D eigenvalue weighted by Gasteiger charge is 2.52. The predicted octanol–water partition coefficient (Wildman–Crippen LogP) is 1.22. The number of hydrogen-bond donors (Lipinski definition) is 2. The predicted molar refractivity (Wildman–Crippen MR) is 110 cm³/mol. The van der Waals surface area contributed by atoms with Gasteiger partial charge in [0.25, 0.3) is 5.88 Å². The SMILES string of the molecule is CO[NH2+]c1ccc(F)c([C@]23CN(c4nc(C)c(F)c(OC)n4)CC2CSC(N)=N3)c1. The highest BCUT2D eigenvalue weighted by molar-refractivity contribution is 8.13. The molecule has 4 N–H and O–H groups in total. The van der Waals surface area contributed by atoms with E-state index in [1.165, 1.54) is 32.0 Å². The summed E-state index contributed by atoms with van der Waals surface area (Å²) >= 11 is 1.44. The minimum atomic E-state index is -0.907. The van der Waals surface area contributed by atoms with Crippen LogP contribution < -0.4 is 20.9 Å². The average molecular weight is 437 g/mol. The molecule has 8 nitrogen and oxygen atoms in total. The third-order valence-electron chi connectivity index (χ3n) is 5.45. The summed E-state index contributed by atoms with van der Waals surface area (Å²) < 4.78 is 34.2. The Morgan fingerprint density at radius 3 is 2.83 bits per heavy atom. The fourth-order valence-electron chi connectivity index (χ4n) is 4.03. The van der Waals surface area contributed by atoms with E-state index in [2.05, 4.69) is 9.97 Å². The number of rotatable bonds is 5. The molecule has 160 valence electrons. The maximum atomic E-state index is 15.0. The second-order valence-electron chi connectivity index (χ2n) is 7.29. The summed E-state index contributed by atoms with van der Waals surface area (Å²) in [6.45, 7) is 2.38. The standard InChI is InChI=1S/C19H22F2N6O2S/c1-10-15(21)16(28-2)24-18(23-10)27-7-11-8-30-17(22)25-19(11,9-27)13-6-12(26-29-3)4-5-14(13)20/h4-6,11,26H,7-9H2,1-3H3,(H2,22,25)/p+1/t11?,19-/m0/s1. The quantitative estimate of drug-likeness (QED) is 0.536. The van der Waals surface area contributed by atoms with Crippen molar-refractivity contribution in [1.82, 2.24) is 9.97 Å². The number of nitrogens with zero attached hydrogens (tertiary/aromatic N) is 4. The number of methoxy groups -OCH3 is 1. The molecule has 2 aliphatic heterocycles. The van der Waals surface area contributed by atoms with Crippen LogP contribution in [0, 0.1) is 24.5 Å². The molecule has 11 heteroatoms. The van der Waals surface area contributed by atoms with Crippen LogP contribution in [-0.4, -0.2) is 48.2 Å². The number of halogens is 2. The van der Waals surface area contributed by atoms with Gasteiger partial charge in [0.2, 0.25) is 11.8 Å². The lowest BCUT2D eigenvalue weighted by Crippen LogP contribution is -2.76. The Hall–Kier alpha value is -2.50. The maximum absolute atomic E-state index is 15.0. The molecule has 0 amide bonds. The van der Waals surface area contributed by atoms with Crippen LogP contribution >= 0.6 is 11.8 Å². The highest BCUT2D eigenvalue weighted by atomic mass is 32.2. The molecule has 2 atom stereocenters. The lowest BCUT2D eigenvalue weighted by Gasteiger charge is -2.34. The Kier molecular flexibility index (Phi) is 5.51. The molecular weight excluding hydrogens is 414 g/mol. The summed E-state index contributed by atoms with van der Waals surface area (Å²) in [7, 11) is 2.89. The van der Waals surface area contributed by atoms with Crippen LogP contribution in [-0.2, 0) is 10.4 Å². The number of quaternary nitrogens is 1. The number of ether oxygens (including phenoxy) is 1. The third kappa shape index (κ3) is 3.46. The third-order valence-corrected chi connectivity index (χ3v) is 6.41. The number of anilines is 1. The number of thioether (sulfide) groups is 1.